The van der Waals surface area contributed by atoms with Gasteiger partial charge in [0.05, 0.1) is 11.6 Å². The monoisotopic (exact) mass is 391 g/mol. The molecule has 0 amide bonds. The number of fused-ring (bicyclic) bond motifs is 2. The fourth-order valence-corrected chi connectivity index (χ4v) is 4.01. The minimum Gasteiger partial charge on any atom is -0.454 e. The Hall–Kier alpha value is -3.26. The molecule has 0 radical (unpaired) electrons. The molecule has 0 atom stereocenters. The van der Waals surface area contributed by atoms with Crippen LogP contribution in [0.4, 0.5) is 5.82 Å². The first-order chi connectivity index (χ1) is 13.8. The van der Waals surface area contributed by atoms with Crippen LogP contribution in [-0.2, 0) is 13.0 Å². The number of anilines is 1. The van der Waals surface area contributed by atoms with Gasteiger partial charge in [0.1, 0.15) is 16.3 Å². The van der Waals surface area contributed by atoms with Gasteiger partial charge >= 0.3 is 0 Å². The van der Waals surface area contributed by atoms with Gasteiger partial charge in [-0.15, -0.1) is 11.3 Å². The lowest BCUT2D eigenvalue weighted by Gasteiger charge is -2.09. The van der Waals surface area contributed by atoms with Gasteiger partial charge in [0.15, 0.2) is 17.3 Å². The maximum absolute atomic E-state index is 5.47. The maximum Gasteiger partial charge on any atom is 0.231 e. The number of nitrogens with zero attached hydrogens (tertiary/aromatic N) is 4. The van der Waals surface area contributed by atoms with Crippen molar-refractivity contribution in [3.05, 3.63) is 53.3 Å². The molecule has 0 saturated carbocycles. The number of hydrogen-bond donors (Lipinski definition) is 1. The normalized spacial score (nSPS) is 12.5. The number of ether oxygens (including phenoxy) is 2. The number of nitrogens with one attached hydrogen (secondary N) is 1. The van der Waals surface area contributed by atoms with Crippen LogP contribution in [0.15, 0.2) is 42.9 Å². The second-order valence-electron chi connectivity index (χ2n) is 6.31. The topological polar surface area (TPSA) is 82.0 Å². The Labute approximate surface area is 165 Å². The van der Waals surface area contributed by atoms with Gasteiger partial charge in [0, 0.05) is 23.8 Å². The van der Waals surface area contributed by atoms with Crippen molar-refractivity contribution in [1.29, 1.82) is 0 Å². The van der Waals surface area contributed by atoms with Crippen LogP contribution in [0.25, 0.3) is 21.7 Å². The highest BCUT2D eigenvalue weighted by Crippen LogP contribution is 2.34. The third kappa shape index (κ3) is 3.11. The van der Waals surface area contributed by atoms with Crippen molar-refractivity contribution in [1.82, 2.24) is 19.9 Å². The molecule has 0 saturated heterocycles. The molecule has 140 valence electrons. The van der Waals surface area contributed by atoms with Gasteiger partial charge in [-0.2, -0.15) is 0 Å². The summed E-state index contributed by atoms with van der Waals surface area (Å²) >= 11 is 1.68. The molecule has 5 rings (SSSR count). The number of aromatic nitrogens is 4. The lowest BCUT2D eigenvalue weighted by atomic mass is 10.2. The minimum absolute atomic E-state index is 0.273. The maximum atomic E-state index is 5.47. The highest BCUT2D eigenvalue weighted by atomic mass is 32.1. The van der Waals surface area contributed by atoms with E-state index in [2.05, 4.69) is 28.3 Å². The molecule has 8 heteroatoms. The molecule has 0 spiro atoms. The van der Waals surface area contributed by atoms with Crippen LogP contribution in [0.2, 0.25) is 0 Å². The lowest BCUT2D eigenvalue weighted by Crippen LogP contribution is -2.04. The van der Waals surface area contributed by atoms with Gasteiger partial charge in [-0.25, -0.2) is 15.0 Å². The first kappa shape index (κ1) is 16.9. The summed E-state index contributed by atoms with van der Waals surface area (Å²) < 4.78 is 10.8. The van der Waals surface area contributed by atoms with Crippen LogP contribution >= 0.6 is 11.3 Å². The minimum atomic E-state index is 0.273. The van der Waals surface area contributed by atoms with E-state index >= 15 is 0 Å². The summed E-state index contributed by atoms with van der Waals surface area (Å²) in [5.41, 5.74) is 1.74. The second-order valence-corrected chi connectivity index (χ2v) is 7.43. The second kappa shape index (κ2) is 7.05. The van der Waals surface area contributed by atoms with Crippen LogP contribution in [0.1, 0.15) is 17.4 Å². The summed E-state index contributed by atoms with van der Waals surface area (Å²) in [6.07, 6.45) is 5.93. The lowest BCUT2D eigenvalue weighted by molar-refractivity contribution is 0.174. The van der Waals surface area contributed by atoms with E-state index in [1.807, 2.05) is 18.2 Å². The zero-order valence-electron chi connectivity index (χ0n) is 15.2. The molecule has 4 heterocycles. The van der Waals surface area contributed by atoms with Gasteiger partial charge in [-0.3, -0.25) is 4.98 Å². The Bertz CT molecular complexity index is 1150. The molecule has 1 aliphatic heterocycles. The van der Waals surface area contributed by atoms with Crippen molar-refractivity contribution < 1.29 is 9.47 Å². The summed E-state index contributed by atoms with van der Waals surface area (Å²) in [4.78, 5) is 20.1. The van der Waals surface area contributed by atoms with Crippen molar-refractivity contribution in [3.8, 4) is 23.0 Å². The Morgan fingerprint density at radius 2 is 2.04 bits per heavy atom. The molecule has 1 aliphatic rings. The fraction of sp³-hybridized carbons (Fsp3) is 0.200. The van der Waals surface area contributed by atoms with Gasteiger partial charge in [0.2, 0.25) is 6.79 Å². The largest absolute Gasteiger partial charge is 0.454 e. The molecular formula is C20H17N5O2S. The molecule has 1 N–H and O–H groups in total. The molecule has 7 nitrogen and oxygen atoms in total. The summed E-state index contributed by atoms with van der Waals surface area (Å²) in [6.45, 7) is 3.02. The van der Waals surface area contributed by atoms with Crippen molar-refractivity contribution >= 4 is 27.4 Å². The number of thiophene rings is 1. The molecular weight excluding hydrogens is 374 g/mol. The molecule has 0 bridgehead atoms. The predicted octanol–water partition coefficient (Wildman–Crippen LogP) is 4.05. The van der Waals surface area contributed by atoms with E-state index < -0.39 is 0 Å². The van der Waals surface area contributed by atoms with E-state index in [0.29, 0.717) is 18.1 Å². The van der Waals surface area contributed by atoms with Gasteiger partial charge in [0.25, 0.3) is 0 Å². The van der Waals surface area contributed by atoms with Crippen molar-refractivity contribution in [2.45, 2.75) is 19.9 Å². The zero-order chi connectivity index (χ0) is 18.9. The smallest absolute Gasteiger partial charge is 0.231 e. The first-order valence-electron chi connectivity index (χ1n) is 8.99. The average molecular weight is 391 g/mol. The zero-order valence-corrected chi connectivity index (χ0v) is 16.0. The molecule has 4 aromatic rings. The number of benzene rings is 1. The quantitative estimate of drug-likeness (QED) is 0.549. The highest BCUT2D eigenvalue weighted by Gasteiger charge is 2.15. The average Bonchev–Trinajstić information content (AvgIpc) is 3.38. The first-order valence-corrected chi connectivity index (χ1v) is 9.81. The standard InChI is InChI=1S/C20H17N5O2S/c1-2-13-8-14-18(23-9-12-3-4-16-17(7-12)27-11-26-16)24-19(25-20(14)28-13)15-10-21-5-6-22-15/h3-8,10H,2,9,11H2,1H3,(H,23,24,25). The fourth-order valence-electron chi connectivity index (χ4n) is 3.05. The van der Waals surface area contributed by atoms with E-state index in [0.717, 1.165) is 39.5 Å². The van der Waals surface area contributed by atoms with E-state index in [9.17, 15) is 0 Å². The van der Waals surface area contributed by atoms with E-state index in [1.165, 1.54) is 4.88 Å². The third-order valence-electron chi connectivity index (χ3n) is 4.48. The van der Waals surface area contributed by atoms with Crippen molar-refractivity contribution in [2.24, 2.45) is 0 Å². The highest BCUT2D eigenvalue weighted by molar-refractivity contribution is 7.18. The molecule has 28 heavy (non-hydrogen) atoms. The summed E-state index contributed by atoms with van der Waals surface area (Å²) in [7, 11) is 0. The number of hydrogen-bond acceptors (Lipinski definition) is 8. The van der Waals surface area contributed by atoms with E-state index in [-0.39, 0.29) is 6.79 Å². The number of aryl methyl sites for hydroxylation is 1. The van der Waals surface area contributed by atoms with E-state index in [4.69, 9.17) is 19.4 Å². The third-order valence-corrected chi connectivity index (χ3v) is 5.65. The number of rotatable bonds is 5. The molecule has 0 fully saturated rings. The molecule has 1 aromatic carbocycles. The molecule has 0 unspecified atom stereocenters. The Morgan fingerprint density at radius 3 is 2.89 bits per heavy atom. The molecule has 3 aromatic heterocycles. The summed E-state index contributed by atoms with van der Waals surface area (Å²) in [5, 5.41) is 4.48. The Morgan fingerprint density at radius 1 is 1.11 bits per heavy atom. The predicted molar refractivity (Wildman–Crippen MR) is 108 cm³/mol. The summed E-state index contributed by atoms with van der Waals surface area (Å²) in [6, 6.07) is 8.10. The van der Waals surface area contributed by atoms with Crippen molar-refractivity contribution in [3.63, 3.8) is 0 Å². The van der Waals surface area contributed by atoms with Crippen LogP contribution in [0, 0.1) is 0 Å². The van der Waals surface area contributed by atoms with Gasteiger partial charge in [-0.1, -0.05) is 13.0 Å². The van der Waals surface area contributed by atoms with Crippen molar-refractivity contribution in [2.75, 3.05) is 12.1 Å². The van der Waals surface area contributed by atoms with Gasteiger partial charge < -0.3 is 14.8 Å². The molecule has 0 aliphatic carbocycles. The van der Waals surface area contributed by atoms with Crippen LogP contribution < -0.4 is 14.8 Å². The summed E-state index contributed by atoms with van der Waals surface area (Å²) in [5.74, 6) is 2.91. The Kier molecular flexibility index (Phi) is 4.25. The van der Waals surface area contributed by atoms with Crippen LogP contribution in [0.3, 0.4) is 0 Å². The Balaban J connectivity index is 1.50. The van der Waals surface area contributed by atoms with Crippen LogP contribution in [-0.4, -0.2) is 26.7 Å². The SMILES string of the molecule is CCc1cc2c(NCc3ccc4c(c3)OCO4)nc(-c3cnccn3)nc2s1. The van der Waals surface area contributed by atoms with Gasteiger partial charge in [-0.05, 0) is 30.2 Å². The van der Waals surface area contributed by atoms with Crippen LogP contribution in [0.5, 0.6) is 11.5 Å². The van der Waals surface area contributed by atoms with E-state index in [1.54, 1.807) is 29.9 Å².